The van der Waals surface area contributed by atoms with Crippen molar-refractivity contribution in [2.75, 3.05) is 39.4 Å². The Bertz CT molecular complexity index is 305. The minimum Gasteiger partial charge on any atom is -0.480 e. The molecular weight excluding hydrogens is 224 g/mol. The molecule has 2 saturated heterocycles. The van der Waals surface area contributed by atoms with Gasteiger partial charge in [-0.05, 0) is 12.8 Å². The van der Waals surface area contributed by atoms with Crippen molar-refractivity contribution < 1.29 is 19.4 Å². The summed E-state index contributed by atoms with van der Waals surface area (Å²) in [6, 6.07) is 0. The summed E-state index contributed by atoms with van der Waals surface area (Å²) in [6.07, 6.45) is 2.14. The molecule has 2 rings (SSSR count). The van der Waals surface area contributed by atoms with Crippen molar-refractivity contribution in [2.45, 2.75) is 12.8 Å². The van der Waals surface area contributed by atoms with Crippen LogP contribution in [0, 0.1) is 5.41 Å². The van der Waals surface area contributed by atoms with E-state index in [2.05, 4.69) is 10.2 Å². The van der Waals surface area contributed by atoms with Crippen molar-refractivity contribution in [3.05, 3.63) is 0 Å². The first-order chi connectivity index (χ1) is 8.10. The molecular formula is C11H18N2O4. The van der Waals surface area contributed by atoms with E-state index in [1.54, 1.807) is 0 Å². The molecule has 0 atom stereocenters. The number of amides is 1. The molecule has 0 unspecified atom stereocenters. The summed E-state index contributed by atoms with van der Waals surface area (Å²) in [4.78, 5) is 23.7. The molecule has 0 aromatic rings. The van der Waals surface area contributed by atoms with Crippen molar-refractivity contribution in [3.8, 4) is 0 Å². The molecule has 2 aliphatic heterocycles. The van der Waals surface area contributed by atoms with E-state index in [1.165, 1.54) is 0 Å². The van der Waals surface area contributed by atoms with Crippen molar-refractivity contribution in [1.82, 2.24) is 10.2 Å². The fourth-order valence-corrected chi connectivity index (χ4v) is 2.57. The van der Waals surface area contributed by atoms with Crippen LogP contribution >= 0.6 is 0 Å². The Morgan fingerprint density at radius 2 is 1.94 bits per heavy atom. The van der Waals surface area contributed by atoms with Gasteiger partial charge in [-0.15, -0.1) is 0 Å². The Labute approximate surface area is 99.9 Å². The Balaban J connectivity index is 1.66. The van der Waals surface area contributed by atoms with E-state index < -0.39 is 5.97 Å². The number of nitrogens with zero attached hydrogens (tertiary/aromatic N) is 1. The largest absolute Gasteiger partial charge is 0.480 e. The Kier molecular flexibility index (Phi) is 3.63. The van der Waals surface area contributed by atoms with Crippen molar-refractivity contribution in [1.29, 1.82) is 0 Å². The topological polar surface area (TPSA) is 78.9 Å². The predicted octanol–water partition coefficient (Wildman–Crippen LogP) is -0.700. The molecule has 0 aromatic heterocycles. The minimum atomic E-state index is -1.01. The van der Waals surface area contributed by atoms with Crippen LogP contribution in [-0.4, -0.2) is 61.3 Å². The molecule has 0 radical (unpaired) electrons. The first-order valence-electron chi connectivity index (χ1n) is 5.88. The van der Waals surface area contributed by atoms with Gasteiger partial charge in [0.2, 0.25) is 5.91 Å². The first-order valence-corrected chi connectivity index (χ1v) is 5.88. The molecule has 2 heterocycles. The summed E-state index contributed by atoms with van der Waals surface area (Å²) in [7, 11) is 0. The highest BCUT2D eigenvalue weighted by Crippen LogP contribution is 2.39. The highest BCUT2D eigenvalue weighted by molar-refractivity contribution is 5.82. The number of hydrogen-bond donors (Lipinski definition) is 2. The van der Waals surface area contributed by atoms with Crippen molar-refractivity contribution in [3.63, 3.8) is 0 Å². The minimum absolute atomic E-state index is 0.214. The maximum atomic E-state index is 11.4. The Morgan fingerprint density at radius 3 is 2.53 bits per heavy atom. The molecule has 0 bridgehead atoms. The number of carbonyl (C=O) groups is 2. The summed E-state index contributed by atoms with van der Waals surface area (Å²) in [6.45, 7) is 3.49. The van der Waals surface area contributed by atoms with Crippen LogP contribution in [-0.2, 0) is 14.3 Å². The molecule has 6 heteroatoms. The lowest BCUT2D eigenvalue weighted by Crippen LogP contribution is -2.60. The van der Waals surface area contributed by atoms with Crippen LogP contribution in [0.1, 0.15) is 12.8 Å². The van der Waals surface area contributed by atoms with Crippen molar-refractivity contribution >= 4 is 11.9 Å². The van der Waals surface area contributed by atoms with Gasteiger partial charge in [-0.2, -0.15) is 0 Å². The van der Waals surface area contributed by atoms with Crippen molar-refractivity contribution in [2.24, 2.45) is 5.41 Å². The molecule has 17 heavy (non-hydrogen) atoms. The second-order valence-electron chi connectivity index (χ2n) is 4.93. The fourth-order valence-electron chi connectivity index (χ4n) is 2.57. The lowest BCUT2D eigenvalue weighted by Gasteiger charge is -2.52. The number of carboxylic acids is 1. The fraction of sp³-hybridized carbons (Fsp3) is 0.818. The van der Waals surface area contributed by atoms with Gasteiger partial charge in [0.15, 0.2) is 0 Å². The number of hydrogen-bond acceptors (Lipinski definition) is 4. The monoisotopic (exact) mass is 242 g/mol. The second kappa shape index (κ2) is 5.01. The Hall–Kier alpha value is -1.14. The molecule has 2 N–H and O–H groups in total. The van der Waals surface area contributed by atoms with E-state index in [1.807, 2.05) is 0 Å². The van der Waals surface area contributed by atoms with E-state index in [0.717, 1.165) is 39.1 Å². The highest BCUT2D eigenvalue weighted by atomic mass is 16.5. The van der Waals surface area contributed by atoms with E-state index >= 15 is 0 Å². The number of aliphatic carboxylic acids is 1. The third-order valence-corrected chi connectivity index (χ3v) is 3.48. The molecule has 96 valence electrons. The van der Waals surface area contributed by atoms with Gasteiger partial charge in [-0.1, -0.05) is 0 Å². The number of likely N-dealkylation sites (tertiary alicyclic amines) is 1. The van der Waals surface area contributed by atoms with E-state index in [-0.39, 0.29) is 12.5 Å². The molecule has 0 saturated carbocycles. The predicted molar refractivity (Wildman–Crippen MR) is 59.6 cm³/mol. The van der Waals surface area contributed by atoms with Crippen LogP contribution in [0.3, 0.4) is 0 Å². The lowest BCUT2D eigenvalue weighted by molar-refractivity contribution is -0.139. The molecule has 0 aromatic carbocycles. The van der Waals surface area contributed by atoms with Gasteiger partial charge in [0.05, 0.1) is 6.54 Å². The van der Waals surface area contributed by atoms with Crippen LogP contribution in [0.5, 0.6) is 0 Å². The summed E-state index contributed by atoms with van der Waals surface area (Å²) in [5.41, 5.74) is 0.353. The van der Waals surface area contributed by atoms with E-state index in [4.69, 9.17) is 9.84 Å². The molecule has 0 aliphatic carbocycles. The Morgan fingerprint density at radius 1 is 1.29 bits per heavy atom. The summed E-state index contributed by atoms with van der Waals surface area (Å²) < 4.78 is 5.32. The van der Waals surface area contributed by atoms with Gasteiger partial charge < -0.3 is 15.2 Å². The first kappa shape index (κ1) is 12.3. The number of ether oxygens (including phenoxy) is 1. The second-order valence-corrected chi connectivity index (χ2v) is 4.93. The quantitative estimate of drug-likeness (QED) is 0.681. The third kappa shape index (κ3) is 3.17. The number of carboxylic acid groups (broad SMARTS) is 1. The maximum Gasteiger partial charge on any atom is 0.322 e. The highest BCUT2D eigenvalue weighted by Gasteiger charge is 2.43. The van der Waals surface area contributed by atoms with Gasteiger partial charge in [0.1, 0.15) is 6.54 Å². The molecule has 2 fully saturated rings. The number of rotatable bonds is 4. The average molecular weight is 242 g/mol. The average Bonchev–Trinajstić information content (AvgIpc) is 2.26. The molecule has 6 nitrogen and oxygen atoms in total. The molecule has 2 aliphatic rings. The van der Waals surface area contributed by atoms with Crippen LogP contribution in [0.4, 0.5) is 0 Å². The summed E-state index contributed by atoms with van der Waals surface area (Å²) in [5, 5.41) is 10.8. The standard InChI is InChI=1S/C11H18N2O4/c14-9(12-5-10(15)16)6-13-7-11(8-13)1-3-17-4-2-11/h1-8H2,(H,12,14)(H,15,16). The van der Waals surface area contributed by atoms with Gasteiger partial charge in [0.25, 0.3) is 0 Å². The van der Waals surface area contributed by atoms with Gasteiger partial charge in [-0.3, -0.25) is 14.5 Å². The zero-order chi connectivity index (χ0) is 12.3. The van der Waals surface area contributed by atoms with Gasteiger partial charge in [0, 0.05) is 31.7 Å². The van der Waals surface area contributed by atoms with E-state index in [0.29, 0.717) is 12.0 Å². The zero-order valence-electron chi connectivity index (χ0n) is 9.78. The van der Waals surface area contributed by atoms with Gasteiger partial charge >= 0.3 is 5.97 Å². The van der Waals surface area contributed by atoms with Crippen LogP contribution in [0.25, 0.3) is 0 Å². The SMILES string of the molecule is O=C(O)CNC(=O)CN1CC2(CCOCC2)C1. The van der Waals surface area contributed by atoms with Crippen LogP contribution in [0.15, 0.2) is 0 Å². The van der Waals surface area contributed by atoms with Crippen LogP contribution in [0.2, 0.25) is 0 Å². The number of nitrogens with one attached hydrogen (secondary N) is 1. The lowest BCUT2D eigenvalue weighted by atomic mass is 9.73. The normalized spacial score (nSPS) is 23.1. The molecule has 1 spiro atoms. The maximum absolute atomic E-state index is 11.4. The van der Waals surface area contributed by atoms with E-state index in [9.17, 15) is 9.59 Å². The summed E-state index contributed by atoms with van der Waals surface area (Å²) in [5.74, 6) is -1.22. The smallest absolute Gasteiger partial charge is 0.322 e. The molecule has 1 amide bonds. The third-order valence-electron chi connectivity index (χ3n) is 3.48. The van der Waals surface area contributed by atoms with Crippen LogP contribution < -0.4 is 5.32 Å². The summed E-state index contributed by atoms with van der Waals surface area (Å²) >= 11 is 0. The zero-order valence-corrected chi connectivity index (χ0v) is 9.78. The number of carbonyl (C=O) groups excluding carboxylic acids is 1. The van der Waals surface area contributed by atoms with Gasteiger partial charge in [-0.25, -0.2) is 0 Å².